The minimum absolute atomic E-state index is 0.0461. The summed E-state index contributed by atoms with van der Waals surface area (Å²) in [7, 11) is 1.89. The normalized spacial score (nSPS) is 13.1. The van der Waals surface area contributed by atoms with Gasteiger partial charge in [-0.3, -0.25) is 14.6 Å². The first-order chi connectivity index (χ1) is 10.8. The number of fused-ring (bicyclic) bond motifs is 1. The average molecular weight is 314 g/mol. The standard InChI is InChI=1S/C16H22N6O/c1-8(2)10(4)22-7-11(12-6-9(3)21(5)20-12)14-13(16(22)23)15(17)19-18-14/h6-8,10H,1-5H3,(H3,17,18,19). The van der Waals surface area contributed by atoms with Crippen molar-refractivity contribution in [3.63, 3.8) is 0 Å². The fourth-order valence-corrected chi connectivity index (χ4v) is 2.67. The molecule has 0 aromatic carbocycles. The van der Waals surface area contributed by atoms with Crippen molar-refractivity contribution in [2.45, 2.75) is 33.7 Å². The molecule has 3 rings (SSSR count). The van der Waals surface area contributed by atoms with Gasteiger partial charge in [0.05, 0.1) is 11.2 Å². The SMILES string of the molecule is Cc1cc(-c2cn(C(C)C(C)C)c(=O)c3c(N)n[nH]c23)nn1C. The first kappa shape index (κ1) is 15.3. The van der Waals surface area contributed by atoms with Crippen LogP contribution in [0.2, 0.25) is 0 Å². The molecule has 0 radical (unpaired) electrons. The van der Waals surface area contributed by atoms with Crippen LogP contribution >= 0.6 is 0 Å². The monoisotopic (exact) mass is 314 g/mol. The smallest absolute Gasteiger partial charge is 0.264 e. The highest BCUT2D eigenvalue weighted by atomic mass is 16.1. The molecule has 1 unspecified atom stereocenters. The van der Waals surface area contributed by atoms with E-state index in [4.69, 9.17) is 5.73 Å². The van der Waals surface area contributed by atoms with E-state index in [0.717, 1.165) is 17.0 Å². The average Bonchev–Trinajstić information content (AvgIpc) is 3.03. The second kappa shape index (κ2) is 5.26. The zero-order chi connectivity index (χ0) is 16.9. The summed E-state index contributed by atoms with van der Waals surface area (Å²) >= 11 is 0. The third kappa shape index (κ3) is 2.32. The van der Waals surface area contributed by atoms with Crippen LogP contribution in [0.5, 0.6) is 0 Å². The van der Waals surface area contributed by atoms with Crippen LogP contribution in [0.4, 0.5) is 5.82 Å². The number of rotatable bonds is 3. The van der Waals surface area contributed by atoms with E-state index in [2.05, 4.69) is 29.1 Å². The van der Waals surface area contributed by atoms with E-state index in [0.29, 0.717) is 16.8 Å². The van der Waals surface area contributed by atoms with Gasteiger partial charge < -0.3 is 10.3 Å². The lowest BCUT2D eigenvalue weighted by atomic mass is 10.0. The lowest BCUT2D eigenvalue weighted by molar-refractivity contribution is 0.400. The molecule has 7 nitrogen and oxygen atoms in total. The fourth-order valence-electron chi connectivity index (χ4n) is 2.67. The third-order valence-corrected chi connectivity index (χ3v) is 4.57. The summed E-state index contributed by atoms with van der Waals surface area (Å²) in [6.45, 7) is 8.19. The molecule has 0 saturated carbocycles. The highest BCUT2D eigenvalue weighted by Crippen LogP contribution is 2.29. The van der Waals surface area contributed by atoms with Crippen LogP contribution in [0.3, 0.4) is 0 Å². The van der Waals surface area contributed by atoms with E-state index in [1.807, 2.05) is 37.8 Å². The van der Waals surface area contributed by atoms with Crippen molar-refractivity contribution in [3.8, 4) is 11.3 Å². The van der Waals surface area contributed by atoms with Crippen molar-refractivity contribution in [1.29, 1.82) is 0 Å². The Morgan fingerprint density at radius 1 is 1.30 bits per heavy atom. The van der Waals surface area contributed by atoms with Crippen LogP contribution in [0, 0.1) is 12.8 Å². The summed E-state index contributed by atoms with van der Waals surface area (Å²) in [6.07, 6.45) is 1.86. The number of nitrogens with zero attached hydrogens (tertiary/aromatic N) is 4. The van der Waals surface area contributed by atoms with Crippen LogP contribution in [0.25, 0.3) is 22.2 Å². The Bertz CT molecular complexity index is 911. The number of aromatic amines is 1. The maximum absolute atomic E-state index is 12.8. The predicted molar refractivity (Wildman–Crippen MR) is 91.3 cm³/mol. The van der Waals surface area contributed by atoms with E-state index in [1.54, 1.807) is 4.57 Å². The Balaban J connectivity index is 2.37. The van der Waals surface area contributed by atoms with E-state index in [-0.39, 0.29) is 17.4 Å². The Kier molecular flexibility index (Phi) is 3.50. The molecular formula is C16H22N6O. The number of aromatic nitrogens is 5. The number of hydrogen-bond donors (Lipinski definition) is 2. The van der Waals surface area contributed by atoms with Crippen molar-refractivity contribution in [3.05, 3.63) is 28.3 Å². The van der Waals surface area contributed by atoms with Gasteiger partial charge in [0.15, 0.2) is 5.82 Å². The van der Waals surface area contributed by atoms with Gasteiger partial charge in [-0.15, -0.1) is 0 Å². The van der Waals surface area contributed by atoms with Crippen molar-refractivity contribution in [2.75, 3.05) is 5.73 Å². The summed E-state index contributed by atoms with van der Waals surface area (Å²) in [6, 6.07) is 2.03. The molecule has 0 aliphatic heterocycles. The zero-order valence-electron chi connectivity index (χ0n) is 14.1. The summed E-state index contributed by atoms with van der Waals surface area (Å²) in [4.78, 5) is 12.8. The molecular weight excluding hydrogens is 292 g/mol. The van der Waals surface area contributed by atoms with Gasteiger partial charge in [0.1, 0.15) is 5.39 Å². The molecule has 122 valence electrons. The Morgan fingerprint density at radius 3 is 2.57 bits per heavy atom. The van der Waals surface area contributed by atoms with Crippen LogP contribution in [-0.2, 0) is 7.05 Å². The molecule has 0 saturated heterocycles. The zero-order valence-corrected chi connectivity index (χ0v) is 14.1. The number of hydrogen-bond acceptors (Lipinski definition) is 4. The fraction of sp³-hybridized carbons (Fsp3) is 0.438. The highest BCUT2D eigenvalue weighted by molar-refractivity contribution is 5.97. The molecule has 1 atom stereocenters. The second-order valence-electron chi connectivity index (χ2n) is 6.39. The predicted octanol–water partition coefficient (Wildman–Crippen LogP) is 2.23. The van der Waals surface area contributed by atoms with E-state index in [1.165, 1.54) is 0 Å². The molecule has 0 spiro atoms. The van der Waals surface area contributed by atoms with Gasteiger partial charge in [-0.2, -0.15) is 10.2 Å². The number of pyridine rings is 1. The van der Waals surface area contributed by atoms with E-state index < -0.39 is 0 Å². The van der Waals surface area contributed by atoms with Crippen molar-refractivity contribution < 1.29 is 0 Å². The topological polar surface area (TPSA) is 94.5 Å². The van der Waals surface area contributed by atoms with Gasteiger partial charge in [-0.05, 0) is 25.8 Å². The quantitative estimate of drug-likeness (QED) is 0.775. The molecule has 7 heteroatoms. The van der Waals surface area contributed by atoms with Crippen LogP contribution < -0.4 is 11.3 Å². The second-order valence-corrected chi connectivity index (χ2v) is 6.39. The first-order valence-electron chi connectivity index (χ1n) is 7.71. The number of H-pyrrole nitrogens is 1. The number of nitrogen functional groups attached to an aromatic ring is 1. The maximum Gasteiger partial charge on any atom is 0.264 e. The number of anilines is 1. The van der Waals surface area contributed by atoms with Gasteiger partial charge in [-0.25, -0.2) is 0 Å². The van der Waals surface area contributed by atoms with Crippen LogP contribution in [0.1, 0.15) is 32.5 Å². The molecule has 3 aromatic heterocycles. The van der Waals surface area contributed by atoms with Gasteiger partial charge in [-0.1, -0.05) is 13.8 Å². The molecule has 0 aliphatic carbocycles. The molecule has 0 bridgehead atoms. The molecule has 0 fully saturated rings. The third-order valence-electron chi connectivity index (χ3n) is 4.57. The van der Waals surface area contributed by atoms with Gasteiger partial charge >= 0.3 is 0 Å². The molecule has 0 amide bonds. The van der Waals surface area contributed by atoms with Gasteiger partial charge in [0.25, 0.3) is 5.56 Å². The minimum atomic E-state index is -0.121. The molecule has 0 aliphatic rings. The van der Waals surface area contributed by atoms with E-state index in [9.17, 15) is 4.79 Å². The summed E-state index contributed by atoms with van der Waals surface area (Å²) in [5.41, 5.74) is 9.10. The summed E-state index contributed by atoms with van der Waals surface area (Å²) < 4.78 is 3.54. The van der Waals surface area contributed by atoms with Crippen LogP contribution in [0.15, 0.2) is 17.1 Å². The molecule has 3 aromatic rings. The van der Waals surface area contributed by atoms with Crippen molar-refractivity contribution in [1.82, 2.24) is 24.5 Å². The lowest BCUT2D eigenvalue weighted by Gasteiger charge is -2.20. The highest BCUT2D eigenvalue weighted by Gasteiger charge is 2.21. The molecule has 3 heterocycles. The number of nitrogens with one attached hydrogen (secondary N) is 1. The minimum Gasteiger partial charge on any atom is -0.382 e. The Labute approximate surface area is 134 Å². The molecule has 23 heavy (non-hydrogen) atoms. The molecule has 3 N–H and O–H groups in total. The Morgan fingerprint density at radius 2 is 2.00 bits per heavy atom. The first-order valence-corrected chi connectivity index (χ1v) is 7.71. The number of aryl methyl sites for hydroxylation is 2. The summed E-state index contributed by atoms with van der Waals surface area (Å²) in [5.74, 6) is 0.542. The lowest BCUT2D eigenvalue weighted by Crippen LogP contribution is -2.26. The Hall–Kier alpha value is -2.57. The number of nitrogens with two attached hydrogens (primary N) is 1. The van der Waals surface area contributed by atoms with E-state index >= 15 is 0 Å². The largest absolute Gasteiger partial charge is 0.382 e. The van der Waals surface area contributed by atoms with Gasteiger partial charge in [0, 0.05) is 30.5 Å². The van der Waals surface area contributed by atoms with Gasteiger partial charge in [0.2, 0.25) is 0 Å². The van der Waals surface area contributed by atoms with Crippen molar-refractivity contribution in [2.24, 2.45) is 13.0 Å². The summed E-state index contributed by atoms with van der Waals surface area (Å²) in [5, 5.41) is 11.9. The van der Waals surface area contributed by atoms with Crippen molar-refractivity contribution >= 4 is 16.7 Å². The van der Waals surface area contributed by atoms with Crippen LogP contribution in [-0.4, -0.2) is 24.5 Å². The maximum atomic E-state index is 12.8.